The molecule has 0 bridgehead atoms. The lowest BCUT2D eigenvalue weighted by atomic mass is 9.74. The zero-order chi connectivity index (χ0) is 46.5. The van der Waals surface area contributed by atoms with Crippen molar-refractivity contribution in [1.82, 2.24) is 19.6 Å². The van der Waals surface area contributed by atoms with E-state index in [1.165, 1.54) is 40.5 Å². The summed E-state index contributed by atoms with van der Waals surface area (Å²) >= 11 is 18.1. The summed E-state index contributed by atoms with van der Waals surface area (Å²) in [6.45, 7) is 3.29. The molecule has 4 aliphatic rings. The highest BCUT2D eigenvalue weighted by atomic mass is 35.5. The first kappa shape index (κ1) is 53.4. The van der Waals surface area contributed by atoms with Crippen molar-refractivity contribution in [3.05, 3.63) is 69.7 Å². The molecule has 2 aliphatic carbocycles. The number of carboxylic acid groups (broad SMARTS) is 1. The van der Waals surface area contributed by atoms with Crippen LogP contribution >= 0.6 is 34.8 Å². The van der Waals surface area contributed by atoms with Crippen molar-refractivity contribution < 1.29 is 57.7 Å². The van der Waals surface area contributed by atoms with Crippen LogP contribution in [0.2, 0.25) is 10.0 Å². The van der Waals surface area contributed by atoms with Gasteiger partial charge in [0.05, 0.1) is 0 Å². The molecule has 19 heteroatoms. The van der Waals surface area contributed by atoms with Gasteiger partial charge in [-0.25, -0.2) is 19.2 Å². The van der Waals surface area contributed by atoms with Crippen LogP contribution in [0.1, 0.15) is 109 Å². The number of aliphatic carboxylic acids is 1. The number of carboxylic acids is 1. The third-order valence-electron chi connectivity index (χ3n) is 12.1. The number of Topliss-reactive ketones (excluding diaryl/α,β-unsaturated/α-hetero) is 2. The summed E-state index contributed by atoms with van der Waals surface area (Å²) in [5.41, 5.74) is -1.10. The maximum atomic E-state index is 13.0. The number of esters is 1. The zero-order valence-electron chi connectivity index (χ0n) is 35.9. The number of ether oxygens (including phenoxy) is 3. The van der Waals surface area contributed by atoms with E-state index < -0.39 is 54.1 Å². The summed E-state index contributed by atoms with van der Waals surface area (Å²) in [6, 6.07) is 12.6. The van der Waals surface area contributed by atoms with Crippen LogP contribution in [0, 0.1) is 0 Å². The van der Waals surface area contributed by atoms with Crippen molar-refractivity contribution in [2.45, 2.75) is 121 Å². The van der Waals surface area contributed by atoms with Gasteiger partial charge in [-0.3, -0.25) is 29.0 Å². The van der Waals surface area contributed by atoms with Crippen LogP contribution in [-0.2, 0) is 54.1 Å². The number of likely N-dealkylation sites (N-methyl/N-ethyl adjacent to an activating group) is 2. The summed E-state index contributed by atoms with van der Waals surface area (Å²) in [5, 5.41) is 9.51. The van der Waals surface area contributed by atoms with Crippen molar-refractivity contribution in [3.8, 4) is 0 Å². The number of alkyl halides is 1. The van der Waals surface area contributed by atoms with Gasteiger partial charge in [0.15, 0.2) is 17.6 Å². The van der Waals surface area contributed by atoms with Crippen molar-refractivity contribution in [1.29, 1.82) is 0 Å². The predicted octanol–water partition coefficient (Wildman–Crippen LogP) is 7.92. The monoisotopic (exact) mass is 952 g/mol. The third kappa shape index (κ3) is 12.0. The van der Waals surface area contributed by atoms with E-state index >= 15 is 0 Å². The highest BCUT2D eigenvalue weighted by Gasteiger charge is 2.50. The van der Waals surface area contributed by atoms with E-state index in [2.05, 4.69) is 0 Å². The van der Waals surface area contributed by atoms with Gasteiger partial charge in [0.1, 0.15) is 23.2 Å². The van der Waals surface area contributed by atoms with Gasteiger partial charge in [-0.15, -0.1) is 0 Å². The highest BCUT2D eigenvalue weighted by molar-refractivity contribution is 6.32. The van der Waals surface area contributed by atoms with E-state index in [0.29, 0.717) is 79.2 Å². The normalized spacial score (nSPS) is 22.6. The van der Waals surface area contributed by atoms with Crippen LogP contribution in [-0.4, -0.2) is 124 Å². The first-order chi connectivity index (χ1) is 29.9. The molecule has 2 saturated carbocycles. The summed E-state index contributed by atoms with van der Waals surface area (Å²) in [7, 11) is 3.05. The lowest BCUT2D eigenvalue weighted by molar-refractivity contribution is -0.161. The molecular weight excluding hydrogens is 895 g/mol. The highest BCUT2D eigenvalue weighted by Crippen LogP contribution is 2.44. The van der Waals surface area contributed by atoms with Crippen molar-refractivity contribution in [2.24, 2.45) is 0 Å². The number of ketones is 2. The van der Waals surface area contributed by atoms with E-state index in [0.717, 1.165) is 32.1 Å². The van der Waals surface area contributed by atoms with Gasteiger partial charge in [-0.1, -0.05) is 78.6 Å². The summed E-state index contributed by atoms with van der Waals surface area (Å²) in [5.74, 6) is -1.97. The molecule has 352 valence electrons. The van der Waals surface area contributed by atoms with Gasteiger partial charge >= 0.3 is 24.1 Å². The molecule has 2 aromatic rings. The molecule has 2 unspecified atom stereocenters. The van der Waals surface area contributed by atoms with Crippen LogP contribution in [0.3, 0.4) is 0 Å². The summed E-state index contributed by atoms with van der Waals surface area (Å²) in [4.78, 5) is 101. The number of hydrogen-bond donors (Lipinski definition) is 1. The van der Waals surface area contributed by atoms with Crippen LogP contribution in [0.4, 0.5) is 9.59 Å². The number of carbonyl (C=O) groups is 8. The Kier molecular flexibility index (Phi) is 20.3. The minimum Gasteiger partial charge on any atom is -0.480 e. The van der Waals surface area contributed by atoms with Crippen molar-refractivity contribution in [3.63, 3.8) is 0 Å². The van der Waals surface area contributed by atoms with Gasteiger partial charge in [0.25, 0.3) is 0 Å². The smallest absolute Gasteiger partial charge is 0.413 e. The number of amides is 4. The fourth-order valence-electron chi connectivity index (χ4n) is 8.83. The molecule has 6 rings (SSSR count). The number of benzene rings is 2. The van der Waals surface area contributed by atoms with Crippen LogP contribution in [0.25, 0.3) is 0 Å². The molecule has 4 amide bonds. The molecule has 4 fully saturated rings. The minimum atomic E-state index is -1.23. The number of likely N-dealkylation sites (tertiary alicyclic amines) is 2. The van der Waals surface area contributed by atoms with Gasteiger partial charge in [0.2, 0.25) is 18.6 Å². The fraction of sp³-hybridized carbons (Fsp3) is 0.556. The van der Waals surface area contributed by atoms with E-state index in [4.69, 9.17) is 54.1 Å². The van der Waals surface area contributed by atoms with E-state index in [-0.39, 0.29) is 36.9 Å². The maximum Gasteiger partial charge on any atom is 0.413 e. The molecule has 1 N–H and O–H groups in total. The second kappa shape index (κ2) is 24.4. The number of rotatable bonds is 9. The van der Waals surface area contributed by atoms with E-state index in [1.807, 2.05) is 6.07 Å². The van der Waals surface area contributed by atoms with Crippen molar-refractivity contribution >= 4 is 82.3 Å². The Morgan fingerprint density at radius 2 is 1.09 bits per heavy atom. The second-order valence-corrected chi connectivity index (χ2v) is 16.7. The van der Waals surface area contributed by atoms with Crippen molar-refractivity contribution in [2.75, 3.05) is 40.0 Å². The van der Waals surface area contributed by atoms with Gasteiger partial charge in [0, 0.05) is 75.0 Å². The maximum absolute atomic E-state index is 13.0. The molecule has 0 aromatic heterocycles. The molecule has 0 spiro atoms. The van der Waals surface area contributed by atoms with Gasteiger partial charge in [-0.2, -0.15) is 0 Å². The minimum absolute atomic E-state index is 0. The van der Waals surface area contributed by atoms with E-state index in [9.17, 15) is 38.4 Å². The van der Waals surface area contributed by atoms with Gasteiger partial charge in [-0.05, 0) is 76.3 Å². The molecule has 64 heavy (non-hydrogen) atoms. The lowest BCUT2D eigenvalue weighted by Gasteiger charge is -2.43. The fourth-order valence-corrected chi connectivity index (χ4v) is 9.51. The molecule has 2 aliphatic heterocycles. The Labute approximate surface area is 389 Å². The van der Waals surface area contributed by atoms with Crippen LogP contribution < -0.4 is 0 Å². The first-order valence-corrected chi connectivity index (χ1v) is 22.1. The average Bonchev–Trinajstić information content (AvgIpc) is 3.97. The average molecular weight is 954 g/mol. The van der Waals surface area contributed by atoms with Crippen LogP contribution in [0.15, 0.2) is 48.5 Å². The lowest BCUT2D eigenvalue weighted by Crippen LogP contribution is -2.54. The Hall–Kier alpha value is -4.93. The first-order valence-electron chi connectivity index (χ1n) is 20.8. The van der Waals surface area contributed by atoms with Gasteiger partial charge < -0.3 is 29.1 Å². The zero-order valence-corrected chi connectivity index (χ0v) is 38.2. The SMILES string of the molecule is C.CC(=O)N1CCCC1C(=O)O.CC(=O)N1CCCC1C(=O)OCOC(=O)N(C)[C@]1(c2ccccc2Cl)CCCCC1=O.CN(C(=O)OCCl)[C@]1(c2ccccc2Cl)CCCCC1=O. The molecule has 4 atom stereocenters. The quantitative estimate of drug-likeness (QED) is 0.145. The molecule has 2 aromatic carbocycles. The molecule has 2 saturated heterocycles. The third-order valence-corrected chi connectivity index (χ3v) is 12.8. The second-order valence-electron chi connectivity index (χ2n) is 15.6. The molecule has 2 heterocycles. The van der Waals surface area contributed by atoms with Crippen LogP contribution in [0.5, 0.6) is 0 Å². The number of hydrogen-bond acceptors (Lipinski definition) is 11. The molecular formula is C45H59Cl3N4O12. The molecule has 0 radical (unpaired) electrons. The number of halogens is 3. The van der Waals surface area contributed by atoms with E-state index in [1.54, 1.807) is 49.5 Å². The predicted molar refractivity (Wildman–Crippen MR) is 239 cm³/mol. The Balaban J connectivity index is 0.000000284. The Bertz CT molecular complexity index is 2000. The Morgan fingerprint density at radius 1 is 0.672 bits per heavy atom. The molecule has 16 nitrogen and oxygen atoms in total. The summed E-state index contributed by atoms with van der Waals surface area (Å²) < 4.78 is 15.1. The largest absolute Gasteiger partial charge is 0.480 e. The topological polar surface area (TPSA) is 197 Å². The number of nitrogens with zero attached hydrogens (tertiary/aromatic N) is 4. The standard InChI is InChI=1S/C22H27ClN2O6.C15H17Cl2NO3.C7H11NO3.CH4/c1-15(26)25-13-7-10-18(25)20(28)30-14-31-21(29)24(2)22(12-6-5-11-19(22)27)16-8-3-4-9-17(16)23;1-18(14(20)21-10-16)15(9-5-4-8-13(15)19)11-6-2-3-7-12(11)17;1-5(9)8-4-2-3-6(8)7(10)11;/h3-4,8-9,18H,5-7,10-14H2,1-2H3;2-3,6-7H,4-5,8-10H2,1H3;6H,2-4H2,1H3,(H,10,11);1H4/t18?,22-;15-;;/m00../s1. The number of carbonyl (C=O) groups excluding carboxylic acids is 7. The summed E-state index contributed by atoms with van der Waals surface area (Å²) in [6.07, 6.45) is 6.08. The Morgan fingerprint density at radius 3 is 1.48 bits per heavy atom.